The lowest BCUT2D eigenvalue weighted by molar-refractivity contribution is 0.0946. The fourth-order valence-corrected chi connectivity index (χ4v) is 2.11. The Labute approximate surface area is 119 Å². The van der Waals surface area contributed by atoms with E-state index in [0.717, 1.165) is 5.52 Å². The first-order valence-electron chi connectivity index (χ1n) is 6.40. The zero-order chi connectivity index (χ0) is 14.8. The van der Waals surface area contributed by atoms with Crippen LogP contribution in [0.5, 0.6) is 0 Å². The van der Waals surface area contributed by atoms with Crippen molar-refractivity contribution in [2.45, 2.75) is 13.2 Å². The van der Waals surface area contributed by atoms with E-state index >= 15 is 0 Å². The summed E-state index contributed by atoms with van der Waals surface area (Å²) in [5.41, 5.74) is 2.69. The van der Waals surface area contributed by atoms with Crippen LogP contribution in [0.1, 0.15) is 21.6 Å². The molecular formula is C15H13FN2O3. The molecule has 3 aromatic rings. The van der Waals surface area contributed by atoms with Crippen LogP contribution < -0.4 is 5.32 Å². The third kappa shape index (κ3) is 2.66. The van der Waals surface area contributed by atoms with Crippen LogP contribution in [0.15, 0.2) is 41.0 Å². The monoisotopic (exact) mass is 288 g/mol. The fourth-order valence-electron chi connectivity index (χ4n) is 2.11. The molecule has 5 nitrogen and oxygen atoms in total. The van der Waals surface area contributed by atoms with Gasteiger partial charge < -0.3 is 19.8 Å². The second-order valence-corrected chi connectivity index (χ2v) is 4.65. The lowest BCUT2D eigenvalue weighted by Crippen LogP contribution is -2.23. The molecule has 0 radical (unpaired) electrons. The van der Waals surface area contributed by atoms with E-state index in [1.807, 2.05) is 0 Å². The van der Waals surface area contributed by atoms with E-state index in [-0.39, 0.29) is 24.6 Å². The maximum Gasteiger partial charge on any atom is 0.268 e. The number of carbonyl (C=O) groups is 1. The predicted octanol–water partition coefficient (Wildman–Crippen LogP) is 2.32. The van der Waals surface area contributed by atoms with Gasteiger partial charge in [0.15, 0.2) is 5.58 Å². The van der Waals surface area contributed by atoms with Gasteiger partial charge in [-0.15, -0.1) is 0 Å². The predicted molar refractivity (Wildman–Crippen MR) is 74.1 cm³/mol. The third-order valence-corrected chi connectivity index (χ3v) is 3.22. The maximum absolute atomic E-state index is 13.3. The second-order valence-electron chi connectivity index (χ2n) is 4.65. The Morgan fingerprint density at radius 2 is 2.19 bits per heavy atom. The topological polar surface area (TPSA) is 78.3 Å². The van der Waals surface area contributed by atoms with Crippen molar-refractivity contribution in [2.24, 2.45) is 0 Å². The van der Waals surface area contributed by atoms with Crippen LogP contribution in [0.2, 0.25) is 0 Å². The zero-order valence-electron chi connectivity index (χ0n) is 11.0. The SMILES string of the molecule is O=C(NCc1ccc(F)c(CO)c1)c1cc2occc2[nH]1. The highest BCUT2D eigenvalue weighted by atomic mass is 19.1. The summed E-state index contributed by atoms with van der Waals surface area (Å²) in [5.74, 6) is -0.742. The normalized spacial score (nSPS) is 11.0. The first kappa shape index (κ1) is 13.4. The summed E-state index contributed by atoms with van der Waals surface area (Å²) in [6.45, 7) is -0.132. The standard InChI is InChI=1S/C15H13FN2O3/c16-11-2-1-9(5-10(11)8-19)7-17-15(20)13-6-14-12(18-13)3-4-21-14/h1-6,18-19H,7-8H2,(H,17,20). The number of fused-ring (bicyclic) bond motifs is 1. The van der Waals surface area contributed by atoms with Crippen LogP contribution in [0.4, 0.5) is 4.39 Å². The van der Waals surface area contributed by atoms with Crippen LogP contribution in [0, 0.1) is 5.82 Å². The molecule has 3 N–H and O–H groups in total. The lowest BCUT2D eigenvalue weighted by Gasteiger charge is -2.06. The summed E-state index contributed by atoms with van der Waals surface area (Å²) in [5, 5.41) is 11.7. The molecule has 108 valence electrons. The largest absolute Gasteiger partial charge is 0.463 e. The number of aliphatic hydroxyl groups is 1. The highest BCUT2D eigenvalue weighted by Gasteiger charge is 2.11. The summed E-state index contributed by atoms with van der Waals surface area (Å²) in [4.78, 5) is 14.9. The molecule has 0 saturated carbocycles. The number of aliphatic hydroxyl groups excluding tert-OH is 1. The number of hydrogen-bond acceptors (Lipinski definition) is 3. The Kier molecular flexibility index (Phi) is 3.45. The van der Waals surface area contributed by atoms with Gasteiger partial charge in [-0.2, -0.15) is 0 Å². The number of amides is 1. The molecule has 1 amide bonds. The number of aromatic nitrogens is 1. The highest BCUT2D eigenvalue weighted by molar-refractivity contribution is 5.96. The molecule has 0 fully saturated rings. The molecule has 0 atom stereocenters. The minimum atomic E-state index is -0.461. The molecule has 0 spiro atoms. The summed E-state index contributed by atoms with van der Waals surface area (Å²) in [7, 11) is 0. The van der Waals surface area contributed by atoms with Gasteiger partial charge in [0, 0.05) is 24.2 Å². The fraction of sp³-hybridized carbons (Fsp3) is 0.133. The van der Waals surface area contributed by atoms with E-state index in [1.165, 1.54) is 18.4 Å². The van der Waals surface area contributed by atoms with E-state index < -0.39 is 5.82 Å². The van der Waals surface area contributed by atoms with E-state index in [9.17, 15) is 9.18 Å². The molecule has 0 saturated heterocycles. The van der Waals surface area contributed by atoms with Crippen molar-refractivity contribution >= 4 is 17.0 Å². The molecule has 3 rings (SSSR count). The Morgan fingerprint density at radius 3 is 2.95 bits per heavy atom. The summed E-state index contributed by atoms with van der Waals surface area (Å²) in [6.07, 6.45) is 1.54. The van der Waals surface area contributed by atoms with Gasteiger partial charge in [-0.3, -0.25) is 4.79 Å². The number of rotatable bonds is 4. The first-order valence-corrected chi connectivity index (χ1v) is 6.40. The number of benzene rings is 1. The molecule has 0 aliphatic rings. The first-order chi connectivity index (χ1) is 10.2. The van der Waals surface area contributed by atoms with Crippen LogP contribution in [0.3, 0.4) is 0 Å². The average Bonchev–Trinajstić information content (AvgIpc) is 3.07. The van der Waals surface area contributed by atoms with Crippen molar-refractivity contribution in [3.8, 4) is 0 Å². The summed E-state index contributed by atoms with van der Waals surface area (Å²) >= 11 is 0. The maximum atomic E-state index is 13.3. The van der Waals surface area contributed by atoms with Crippen LogP contribution in [-0.2, 0) is 13.2 Å². The average molecular weight is 288 g/mol. The number of H-pyrrole nitrogens is 1. The molecular weight excluding hydrogens is 275 g/mol. The molecule has 6 heteroatoms. The smallest absolute Gasteiger partial charge is 0.268 e. The molecule has 0 aliphatic carbocycles. The highest BCUT2D eigenvalue weighted by Crippen LogP contribution is 2.16. The number of nitrogens with one attached hydrogen (secondary N) is 2. The number of hydrogen-bond donors (Lipinski definition) is 3. The van der Waals surface area contributed by atoms with Gasteiger partial charge in [-0.1, -0.05) is 6.07 Å². The molecule has 2 heterocycles. The molecule has 2 aromatic heterocycles. The third-order valence-electron chi connectivity index (χ3n) is 3.22. The van der Waals surface area contributed by atoms with Gasteiger partial charge in [0.05, 0.1) is 18.4 Å². The Hall–Kier alpha value is -2.60. The van der Waals surface area contributed by atoms with Gasteiger partial charge in [-0.05, 0) is 17.7 Å². The Bertz CT molecular complexity index is 763. The molecule has 0 aliphatic heterocycles. The van der Waals surface area contributed by atoms with Crippen LogP contribution >= 0.6 is 0 Å². The van der Waals surface area contributed by atoms with Crippen LogP contribution in [-0.4, -0.2) is 16.0 Å². The van der Waals surface area contributed by atoms with Crippen molar-refractivity contribution in [3.05, 3.63) is 59.2 Å². The van der Waals surface area contributed by atoms with E-state index in [4.69, 9.17) is 9.52 Å². The van der Waals surface area contributed by atoms with Gasteiger partial charge >= 0.3 is 0 Å². The van der Waals surface area contributed by atoms with E-state index in [1.54, 1.807) is 18.2 Å². The van der Waals surface area contributed by atoms with E-state index in [0.29, 0.717) is 16.8 Å². The van der Waals surface area contributed by atoms with Crippen molar-refractivity contribution in [1.29, 1.82) is 0 Å². The molecule has 0 bridgehead atoms. The van der Waals surface area contributed by atoms with Crippen LogP contribution in [0.25, 0.3) is 11.1 Å². The number of carbonyl (C=O) groups excluding carboxylic acids is 1. The molecule has 21 heavy (non-hydrogen) atoms. The van der Waals surface area contributed by atoms with Crippen molar-refractivity contribution < 1.29 is 18.7 Å². The lowest BCUT2D eigenvalue weighted by atomic mass is 10.1. The van der Waals surface area contributed by atoms with Gasteiger partial charge in [0.1, 0.15) is 11.5 Å². The minimum Gasteiger partial charge on any atom is -0.463 e. The Morgan fingerprint density at radius 1 is 1.33 bits per heavy atom. The summed E-state index contributed by atoms with van der Waals surface area (Å²) in [6, 6.07) is 7.72. The molecule has 0 unspecified atom stereocenters. The molecule has 1 aromatic carbocycles. The Balaban J connectivity index is 1.69. The van der Waals surface area contributed by atoms with Crippen molar-refractivity contribution in [3.63, 3.8) is 0 Å². The van der Waals surface area contributed by atoms with Gasteiger partial charge in [-0.25, -0.2) is 4.39 Å². The van der Waals surface area contributed by atoms with Crippen molar-refractivity contribution in [2.75, 3.05) is 0 Å². The number of furan rings is 1. The zero-order valence-corrected chi connectivity index (χ0v) is 11.0. The van der Waals surface area contributed by atoms with Crippen molar-refractivity contribution in [1.82, 2.24) is 10.3 Å². The number of aromatic amines is 1. The summed E-state index contributed by atoms with van der Waals surface area (Å²) < 4.78 is 18.4. The van der Waals surface area contributed by atoms with Gasteiger partial charge in [0.25, 0.3) is 5.91 Å². The quantitative estimate of drug-likeness (QED) is 0.689. The van der Waals surface area contributed by atoms with Gasteiger partial charge in [0.2, 0.25) is 0 Å². The van der Waals surface area contributed by atoms with E-state index in [2.05, 4.69) is 10.3 Å². The second kappa shape index (κ2) is 5.41. The minimum absolute atomic E-state index is 0.208. The number of halogens is 1.